The summed E-state index contributed by atoms with van der Waals surface area (Å²) in [7, 11) is 0. The second-order valence-corrected chi connectivity index (χ2v) is 4.07. The summed E-state index contributed by atoms with van der Waals surface area (Å²) in [4.78, 5) is 16.6. The van der Waals surface area contributed by atoms with E-state index in [2.05, 4.69) is 10.5 Å². The van der Waals surface area contributed by atoms with Crippen LogP contribution in [0.1, 0.15) is 24.2 Å². The molecule has 0 radical (unpaired) electrons. The first kappa shape index (κ1) is 14.0. The van der Waals surface area contributed by atoms with E-state index in [0.717, 1.165) is 0 Å². The molecule has 0 aliphatic carbocycles. The second-order valence-electron chi connectivity index (χ2n) is 3.64. The van der Waals surface area contributed by atoms with E-state index in [0.29, 0.717) is 16.3 Å². The van der Waals surface area contributed by atoms with Crippen molar-refractivity contribution >= 4 is 23.2 Å². The molecule has 18 heavy (non-hydrogen) atoms. The van der Waals surface area contributed by atoms with E-state index in [9.17, 15) is 4.79 Å². The van der Waals surface area contributed by atoms with Gasteiger partial charge in [-0.05, 0) is 32.0 Å². The number of oxime groups is 1. The number of amides is 1. The molecular weight excluding hydrogens is 254 g/mol. The zero-order valence-corrected chi connectivity index (χ0v) is 10.7. The standard InChI is InChI=1S/C12H12ClN3O2/c1-8(2)16-18-11(7-14)15-12(17)9-4-3-5-10(13)6-9/h3-6,11H,1-2H3,(H,15,17). The van der Waals surface area contributed by atoms with Gasteiger partial charge >= 0.3 is 0 Å². The van der Waals surface area contributed by atoms with Gasteiger partial charge in [0.15, 0.2) is 0 Å². The third kappa shape index (κ3) is 4.44. The molecule has 1 rings (SSSR count). The van der Waals surface area contributed by atoms with E-state index in [4.69, 9.17) is 21.7 Å². The first-order valence-electron chi connectivity index (χ1n) is 5.16. The lowest BCUT2D eigenvalue weighted by Crippen LogP contribution is -2.34. The monoisotopic (exact) mass is 265 g/mol. The Morgan fingerprint density at radius 1 is 1.56 bits per heavy atom. The molecule has 1 aromatic carbocycles. The molecule has 0 heterocycles. The Bertz CT molecular complexity index is 504. The van der Waals surface area contributed by atoms with Crippen LogP contribution in [-0.4, -0.2) is 17.8 Å². The van der Waals surface area contributed by atoms with Gasteiger partial charge in [-0.1, -0.05) is 22.8 Å². The number of nitriles is 1. The van der Waals surface area contributed by atoms with Gasteiger partial charge in [0, 0.05) is 10.6 Å². The Hall–Kier alpha value is -2.06. The molecule has 1 N–H and O–H groups in total. The SMILES string of the molecule is CC(C)=NOC(C#N)NC(=O)c1cccc(Cl)c1. The third-order valence-electron chi connectivity index (χ3n) is 1.81. The Balaban J connectivity index is 2.69. The minimum Gasteiger partial charge on any atom is -0.355 e. The molecule has 5 nitrogen and oxygen atoms in total. The van der Waals surface area contributed by atoms with Gasteiger partial charge in [0.05, 0.1) is 5.71 Å². The Morgan fingerprint density at radius 2 is 2.28 bits per heavy atom. The molecule has 0 aromatic heterocycles. The summed E-state index contributed by atoms with van der Waals surface area (Å²) in [5.74, 6) is -0.451. The van der Waals surface area contributed by atoms with Crippen molar-refractivity contribution < 1.29 is 9.63 Å². The van der Waals surface area contributed by atoms with Gasteiger partial charge in [-0.25, -0.2) is 0 Å². The number of halogens is 1. The molecule has 1 aromatic rings. The van der Waals surface area contributed by atoms with Crippen LogP contribution >= 0.6 is 11.6 Å². The normalized spacial score (nSPS) is 11.0. The molecule has 1 amide bonds. The van der Waals surface area contributed by atoms with Crippen LogP contribution in [0.3, 0.4) is 0 Å². The van der Waals surface area contributed by atoms with Crippen LogP contribution in [0.5, 0.6) is 0 Å². The van der Waals surface area contributed by atoms with Crippen LogP contribution in [0, 0.1) is 11.3 Å². The zero-order chi connectivity index (χ0) is 13.5. The predicted octanol–water partition coefficient (Wildman–Crippen LogP) is 2.33. The largest absolute Gasteiger partial charge is 0.355 e. The molecule has 0 saturated carbocycles. The van der Waals surface area contributed by atoms with E-state index in [1.54, 1.807) is 38.1 Å². The Kier molecular flexibility index (Phi) is 5.15. The topological polar surface area (TPSA) is 74.5 Å². The average Bonchev–Trinajstić information content (AvgIpc) is 2.34. The van der Waals surface area contributed by atoms with Gasteiger partial charge in [-0.2, -0.15) is 5.26 Å². The van der Waals surface area contributed by atoms with Crippen molar-refractivity contribution in [2.24, 2.45) is 5.16 Å². The zero-order valence-electron chi connectivity index (χ0n) is 9.98. The molecule has 0 aliphatic heterocycles. The maximum Gasteiger partial charge on any atom is 0.286 e. The van der Waals surface area contributed by atoms with Crippen molar-refractivity contribution in [3.05, 3.63) is 34.9 Å². The summed E-state index contributed by atoms with van der Waals surface area (Å²) in [5, 5.41) is 15.2. The van der Waals surface area contributed by atoms with Crippen LogP contribution < -0.4 is 5.32 Å². The quantitative estimate of drug-likeness (QED) is 0.516. The molecule has 0 spiro atoms. The fourth-order valence-electron chi connectivity index (χ4n) is 1.07. The minimum atomic E-state index is -1.13. The summed E-state index contributed by atoms with van der Waals surface area (Å²) in [6.07, 6.45) is -1.13. The van der Waals surface area contributed by atoms with E-state index in [1.165, 1.54) is 6.07 Å². The molecule has 0 fully saturated rings. The fraction of sp³-hybridized carbons (Fsp3) is 0.250. The number of hydrogen-bond donors (Lipinski definition) is 1. The van der Waals surface area contributed by atoms with Crippen molar-refractivity contribution in [3.63, 3.8) is 0 Å². The highest BCUT2D eigenvalue weighted by molar-refractivity contribution is 6.30. The van der Waals surface area contributed by atoms with Crippen LogP contribution in [0.25, 0.3) is 0 Å². The van der Waals surface area contributed by atoms with E-state index in [-0.39, 0.29) is 0 Å². The lowest BCUT2D eigenvalue weighted by atomic mass is 10.2. The number of nitrogens with one attached hydrogen (secondary N) is 1. The summed E-state index contributed by atoms with van der Waals surface area (Å²) >= 11 is 5.76. The molecule has 0 bridgehead atoms. The highest BCUT2D eigenvalue weighted by Crippen LogP contribution is 2.10. The molecule has 1 unspecified atom stereocenters. The van der Waals surface area contributed by atoms with Crippen molar-refractivity contribution in [2.75, 3.05) is 0 Å². The highest BCUT2D eigenvalue weighted by atomic mass is 35.5. The van der Waals surface area contributed by atoms with Gasteiger partial charge in [0.25, 0.3) is 12.1 Å². The van der Waals surface area contributed by atoms with E-state index >= 15 is 0 Å². The summed E-state index contributed by atoms with van der Waals surface area (Å²) in [6.45, 7) is 3.43. The van der Waals surface area contributed by atoms with Gasteiger partial charge < -0.3 is 10.2 Å². The first-order chi connectivity index (χ1) is 8.52. The predicted molar refractivity (Wildman–Crippen MR) is 68.2 cm³/mol. The molecular formula is C12H12ClN3O2. The molecule has 6 heteroatoms. The number of carbonyl (C=O) groups is 1. The summed E-state index contributed by atoms with van der Waals surface area (Å²) < 4.78 is 0. The van der Waals surface area contributed by atoms with Crippen molar-refractivity contribution in [3.8, 4) is 6.07 Å². The average molecular weight is 266 g/mol. The Labute approximate surface area is 110 Å². The molecule has 0 aliphatic rings. The molecule has 0 saturated heterocycles. The van der Waals surface area contributed by atoms with Crippen LogP contribution in [0.2, 0.25) is 5.02 Å². The van der Waals surface area contributed by atoms with Crippen LogP contribution in [-0.2, 0) is 4.84 Å². The molecule has 1 atom stereocenters. The van der Waals surface area contributed by atoms with Gasteiger partial charge in [0.1, 0.15) is 6.07 Å². The minimum absolute atomic E-state index is 0.351. The summed E-state index contributed by atoms with van der Waals surface area (Å²) in [6, 6.07) is 8.17. The van der Waals surface area contributed by atoms with Crippen LogP contribution in [0.4, 0.5) is 0 Å². The lowest BCUT2D eigenvalue weighted by Gasteiger charge is -2.10. The number of nitrogens with zero attached hydrogens (tertiary/aromatic N) is 2. The maximum atomic E-state index is 11.8. The number of rotatable bonds is 4. The van der Waals surface area contributed by atoms with Gasteiger partial charge in [0.2, 0.25) is 0 Å². The number of carbonyl (C=O) groups excluding carboxylic acids is 1. The number of benzene rings is 1. The van der Waals surface area contributed by atoms with Gasteiger partial charge in [-0.15, -0.1) is 0 Å². The third-order valence-corrected chi connectivity index (χ3v) is 2.04. The van der Waals surface area contributed by atoms with E-state index in [1.807, 2.05) is 0 Å². The molecule has 94 valence electrons. The second kappa shape index (κ2) is 6.62. The lowest BCUT2D eigenvalue weighted by molar-refractivity contribution is 0.0590. The summed E-state index contributed by atoms with van der Waals surface area (Å²) in [5.41, 5.74) is 0.996. The van der Waals surface area contributed by atoms with Crippen molar-refractivity contribution in [1.29, 1.82) is 5.26 Å². The van der Waals surface area contributed by atoms with E-state index < -0.39 is 12.1 Å². The van der Waals surface area contributed by atoms with Gasteiger partial charge in [-0.3, -0.25) is 4.79 Å². The maximum absolute atomic E-state index is 11.8. The first-order valence-corrected chi connectivity index (χ1v) is 5.54. The van der Waals surface area contributed by atoms with Crippen molar-refractivity contribution in [1.82, 2.24) is 5.32 Å². The fourth-order valence-corrected chi connectivity index (χ4v) is 1.26. The number of hydrogen-bond acceptors (Lipinski definition) is 4. The smallest absolute Gasteiger partial charge is 0.286 e. The Morgan fingerprint density at radius 3 is 2.83 bits per heavy atom. The highest BCUT2D eigenvalue weighted by Gasteiger charge is 2.13. The van der Waals surface area contributed by atoms with Crippen molar-refractivity contribution in [2.45, 2.75) is 20.1 Å². The van der Waals surface area contributed by atoms with Crippen LogP contribution in [0.15, 0.2) is 29.4 Å².